The Morgan fingerprint density at radius 3 is 3.00 bits per heavy atom. The summed E-state index contributed by atoms with van der Waals surface area (Å²) in [6, 6.07) is 5.20. The molecule has 2 aromatic rings. The van der Waals surface area contributed by atoms with Crippen LogP contribution in [0.15, 0.2) is 18.3 Å². The third-order valence-electron chi connectivity index (χ3n) is 1.91. The molecule has 0 atom stereocenters. The molecule has 0 N–H and O–H groups in total. The summed E-state index contributed by atoms with van der Waals surface area (Å²) < 4.78 is 14.7. The highest BCUT2D eigenvalue weighted by Crippen LogP contribution is 2.12. The van der Waals surface area contributed by atoms with Crippen molar-refractivity contribution in [1.29, 1.82) is 5.26 Å². The first kappa shape index (κ1) is 7.74. The van der Waals surface area contributed by atoms with Crippen LogP contribution in [0, 0.1) is 24.2 Å². The molecule has 0 unspecified atom stereocenters. The van der Waals surface area contributed by atoms with Crippen LogP contribution < -0.4 is 0 Å². The van der Waals surface area contributed by atoms with Gasteiger partial charge in [-0.2, -0.15) is 9.65 Å². The lowest BCUT2D eigenvalue weighted by molar-refractivity contribution is 0.557. The predicted molar refractivity (Wildman–Crippen MR) is 44.6 cm³/mol. The summed E-state index contributed by atoms with van der Waals surface area (Å²) in [5.41, 5.74) is 1.18. The first-order chi connectivity index (χ1) is 6.24. The second kappa shape index (κ2) is 2.56. The molecular weight excluding hydrogens is 169 g/mol. The third kappa shape index (κ3) is 0.975. The number of hydrogen-bond donors (Lipinski definition) is 0. The Labute approximate surface area is 74.1 Å². The van der Waals surface area contributed by atoms with Gasteiger partial charge in [-0.05, 0) is 13.0 Å². The molecule has 2 heterocycles. The molecule has 0 aromatic carbocycles. The summed E-state index contributed by atoms with van der Waals surface area (Å²) in [6.07, 6.45) is 1.36. The summed E-state index contributed by atoms with van der Waals surface area (Å²) in [7, 11) is 0. The Bertz CT molecular complexity index is 507. The van der Waals surface area contributed by atoms with E-state index in [1.165, 1.54) is 10.6 Å². The average Bonchev–Trinajstić information content (AvgIpc) is 2.55. The maximum Gasteiger partial charge on any atom is 0.203 e. The molecule has 0 amide bonds. The van der Waals surface area contributed by atoms with E-state index in [-0.39, 0.29) is 5.69 Å². The number of fused-ring (bicyclic) bond motifs is 1. The van der Waals surface area contributed by atoms with Gasteiger partial charge in [0.25, 0.3) is 0 Å². The molecule has 0 fully saturated rings. The lowest BCUT2D eigenvalue weighted by Gasteiger charge is -1.99. The standard InChI is InChI=1S/C9H6FN3/c1-6-2-3-8-12-5-7(4-11)13(8)9(6)10/h2-3,5H,1H3. The minimum Gasteiger partial charge on any atom is -0.259 e. The number of pyridine rings is 1. The van der Waals surface area contributed by atoms with Crippen molar-refractivity contribution in [2.45, 2.75) is 6.92 Å². The first-order valence-electron chi connectivity index (χ1n) is 3.76. The minimum absolute atomic E-state index is 0.219. The second-order valence-electron chi connectivity index (χ2n) is 2.76. The lowest BCUT2D eigenvalue weighted by Crippen LogP contribution is -1.97. The van der Waals surface area contributed by atoms with E-state index in [4.69, 9.17) is 5.26 Å². The number of nitrogens with zero attached hydrogens (tertiary/aromatic N) is 3. The van der Waals surface area contributed by atoms with E-state index in [0.29, 0.717) is 11.2 Å². The van der Waals surface area contributed by atoms with Crippen LogP contribution in [-0.2, 0) is 0 Å². The van der Waals surface area contributed by atoms with E-state index in [9.17, 15) is 4.39 Å². The number of rotatable bonds is 0. The van der Waals surface area contributed by atoms with Gasteiger partial charge in [0.15, 0.2) is 0 Å². The van der Waals surface area contributed by atoms with Crippen LogP contribution in [0.25, 0.3) is 5.65 Å². The second-order valence-corrected chi connectivity index (χ2v) is 2.76. The zero-order chi connectivity index (χ0) is 9.42. The number of imidazole rings is 1. The van der Waals surface area contributed by atoms with Crippen LogP contribution in [0.2, 0.25) is 0 Å². The Kier molecular flexibility index (Phi) is 1.52. The van der Waals surface area contributed by atoms with Crippen LogP contribution in [0.5, 0.6) is 0 Å². The molecule has 0 aliphatic heterocycles. The van der Waals surface area contributed by atoms with Crippen LogP contribution in [-0.4, -0.2) is 9.38 Å². The quantitative estimate of drug-likeness (QED) is 0.571. The largest absolute Gasteiger partial charge is 0.259 e. The normalized spacial score (nSPS) is 10.2. The SMILES string of the molecule is Cc1ccc2ncc(C#N)n2c1F. The van der Waals surface area contributed by atoms with E-state index in [2.05, 4.69) is 4.98 Å². The molecule has 0 spiro atoms. The fourth-order valence-corrected chi connectivity index (χ4v) is 1.21. The smallest absolute Gasteiger partial charge is 0.203 e. The Morgan fingerprint density at radius 1 is 1.54 bits per heavy atom. The predicted octanol–water partition coefficient (Wildman–Crippen LogP) is 1.65. The van der Waals surface area contributed by atoms with Gasteiger partial charge in [-0.3, -0.25) is 4.40 Å². The van der Waals surface area contributed by atoms with Crippen molar-refractivity contribution in [3.05, 3.63) is 35.5 Å². The van der Waals surface area contributed by atoms with E-state index in [1.807, 2.05) is 6.07 Å². The molecule has 2 rings (SSSR count). The maximum atomic E-state index is 13.5. The first-order valence-corrected chi connectivity index (χ1v) is 3.76. The summed E-state index contributed by atoms with van der Waals surface area (Å²) in [5.74, 6) is -0.424. The lowest BCUT2D eigenvalue weighted by atomic mass is 10.3. The number of aromatic nitrogens is 2. The Hall–Kier alpha value is -1.89. The van der Waals surface area contributed by atoms with Gasteiger partial charge in [0.2, 0.25) is 5.95 Å². The van der Waals surface area contributed by atoms with E-state index in [1.54, 1.807) is 19.1 Å². The van der Waals surface area contributed by atoms with Gasteiger partial charge in [0.1, 0.15) is 17.4 Å². The van der Waals surface area contributed by atoms with Gasteiger partial charge >= 0.3 is 0 Å². The van der Waals surface area contributed by atoms with Gasteiger partial charge < -0.3 is 0 Å². The third-order valence-corrected chi connectivity index (χ3v) is 1.91. The van der Waals surface area contributed by atoms with Gasteiger partial charge in [-0.25, -0.2) is 4.98 Å². The molecule has 13 heavy (non-hydrogen) atoms. The molecule has 0 saturated carbocycles. The van der Waals surface area contributed by atoms with Crippen LogP contribution in [0.3, 0.4) is 0 Å². The van der Waals surface area contributed by atoms with E-state index >= 15 is 0 Å². The number of aryl methyl sites for hydroxylation is 1. The molecule has 0 radical (unpaired) electrons. The van der Waals surface area contributed by atoms with Gasteiger partial charge in [0.05, 0.1) is 6.20 Å². The average molecular weight is 175 g/mol. The maximum absolute atomic E-state index is 13.5. The van der Waals surface area contributed by atoms with Crippen molar-refractivity contribution in [3.8, 4) is 6.07 Å². The Morgan fingerprint density at radius 2 is 2.31 bits per heavy atom. The topological polar surface area (TPSA) is 41.1 Å². The zero-order valence-corrected chi connectivity index (χ0v) is 6.95. The summed E-state index contributed by atoms with van der Waals surface area (Å²) in [5, 5.41) is 8.66. The molecule has 4 heteroatoms. The Balaban J connectivity index is 2.95. The van der Waals surface area contributed by atoms with E-state index < -0.39 is 5.95 Å². The molecule has 3 nitrogen and oxygen atoms in total. The van der Waals surface area contributed by atoms with Crippen molar-refractivity contribution < 1.29 is 4.39 Å². The highest BCUT2D eigenvalue weighted by molar-refractivity contribution is 5.44. The summed E-state index contributed by atoms with van der Waals surface area (Å²) in [4.78, 5) is 3.89. The van der Waals surface area contributed by atoms with Gasteiger partial charge in [-0.15, -0.1) is 0 Å². The summed E-state index contributed by atoms with van der Waals surface area (Å²) >= 11 is 0. The summed E-state index contributed by atoms with van der Waals surface area (Å²) in [6.45, 7) is 1.65. The molecule has 0 bridgehead atoms. The zero-order valence-electron chi connectivity index (χ0n) is 6.95. The molecule has 64 valence electrons. The highest BCUT2D eigenvalue weighted by atomic mass is 19.1. The van der Waals surface area contributed by atoms with Crippen LogP contribution >= 0.6 is 0 Å². The van der Waals surface area contributed by atoms with Crippen LogP contribution in [0.4, 0.5) is 4.39 Å². The molecule has 0 aliphatic rings. The number of hydrogen-bond acceptors (Lipinski definition) is 2. The highest BCUT2D eigenvalue weighted by Gasteiger charge is 2.08. The van der Waals surface area contributed by atoms with Gasteiger partial charge in [0, 0.05) is 5.56 Å². The van der Waals surface area contributed by atoms with Crippen molar-refractivity contribution in [2.75, 3.05) is 0 Å². The molecule has 0 saturated heterocycles. The van der Waals surface area contributed by atoms with Crippen molar-refractivity contribution in [2.24, 2.45) is 0 Å². The fourth-order valence-electron chi connectivity index (χ4n) is 1.21. The van der Waals surface area contributed by atoms with Crippen LogP contribution in [0.1, 0.15) is 11.3 Å². The number of nitriles is 1. The van der Waals surface area contributed by atoms with E-state index in [0.717, 1.165) is 0 Å². The minimum atomic E-state index is -0.424. The monoisotopic (exact) mass is 175 g/mol. The van der Waals surface area contributed by atoms with Crippen molar-refractivity contribution >= 4 is 5.65 Å². The van der Waals surface area contributed by atoms with Crippen molar-refractivity contribution in [3.63, 3.8) is 0 Å². The number of halogens is 1. The van der Waals surface area contributed by atoms with Gasteiger partial charge in [-0.1, -0.05) is 6.07 Å². The molecular formula is C9H6FN3. The molecule has 2 aromatic heterocycles. The van der Waals surface area contributed by atoms with Crippen molar-refractivity contribution in [1.82, 2.24) is 9.38 Å². The molecule has 0 aliphatic carbocycles. The fraction of sp³-hybridized carbons (Fsp3) is 0.111.